The molecule has 164 valence electrons. The first-order chi connectivity index (χ1) is 14.9. The molecule has 1 aromatic carbocycles. The van der Waals surface area contributed by atoms with Crippen LogP contribution < -0.4 is 10.9 Å². The van der Waals surface area contributed by atoms with E-state index in [-0.39, 0.29) is 29.9 Å². The number of amides is 1. The van der Waals surface area contributed by atoms with E-state index in [1.54, 1.807) is 24.4 Å². The summed E-state index contributed by atoms with van der Waals surface area (Å²) in [7, 11) is 0. The summed E-state index contributed by atoms with van der Waals surface area (Å²) in [5, 5.41) is 8.59. The highest BCUT2D eigenvalue weighted by Gasteiger charge is 2.24. The van der Waals surface area contributed by atoms with E-state index in [1.807, 2.05) is 18.4 Å². The van der Waals surface area contributed by atoms with Crippen molar-refractivity contribution in [2.24, 2.45) is 5.92 Å². The van der Waals surface area contributed by atoms with Crippen molar-refractivity contribution in [2.75, 3.05) is 0 Å². The number of nitrogens with one attached hydrogen (secondary N) is 1. The third-order valence-electron chi connectivity index (χ3n) is 6.64. The minimum Gasteiger partial charge on any atom is -0.351 e. The van der Waals surface area contributed by atoms with Crippen LogP contribution in [0.1, 0.15) is 49.6 Å². The summed E-state index contributed by atoms with van der Waals surface area (Å²) in [4.78, 5) is 25.8. The van der Waals surface area contributed by atoms with Gasteiger partial charge in [-0.05, 0) is 38.7 Å². The lowest BCUT2D eigenvalue weighted by atomic mass is 9.86. The molecule has 0 bridgehead atoms. The fourth-order valence-corrected chi connectivity index (χ4v) is 4.71. The van der Waals surface area contributed by atoms with Gasteiger partial charge in [0.05, 0.1) is 18.1 Å². The van der Waals surface area contributed by atoms with Crippen molar-refractivity contribution < 1.29 is 9.18 Å². The van der Waals surface area contributed by atoms with E-state index in [0.29, 0.717) is 23.4 Å². The molecule has 1 aliphatic carbocycles. The third kappa shape index (κ3) is 4.13. The van der Waals surface area contributed by atoms with Crippen LogP contribution in [0.15, 0.2) is 35.3 Å². The molecule has 2 unspecified atom stereocenters. The van der Waals surface area contributed by atoms with Gasteiger partial charge in [0.2, 0.25) is 5.91 Å². The highest BCUT2D eigenvalue weighted by Crippen LogP contribution is 2.25. The molecule has 1 N–H and O–H groups in total. The molecular weight excluding hydrogens is 395 g/mol. The average Bonchev–Trinajstić information content (AvgIpc) is 2.98. The first kappa shape index (κ1) is 21.3. The van der Waals surface area contributed by atoms with Crippen LogP contribution in [0.5, 0.6) is 0 Å². The number of halogens is 1. The number of nitrogens with zero attached hydrogens (tertiary/aromatic N) is 3. The van der Waals surface area contributed by atoms with Gasteiger partial charge in [0.15, 0.2) is 0 Å². The number of carbonyl (C=O) groups excluding carboxylic acids is 1. The Morgan fingerprint density at radius 1 is 1.19 bits per heavy atom. The molecule has 2 heterocycles. The smallest absolute Gasteiger partial charge is 0.276 e. The average molecular weight is 425 g/mol. The maximum absolute atomic E-state index is 14.2. The molecule has 3 aromatic rings. The Kier molecular flexibility index (Phi) is 5.94. The van der Waals surface area contributed by atoms with Crippen molar-refractivity contribution in [3.8, 4) is 0 Å². The summed E-state index contributed by atoms with van der Waals surface area (Å²) in [5.74, 6) is -0.0155. The zero-order valence-electron chi connectivity index (χ0n) is 18.3. The van der Waals surface area contributed by atoms with E-state index >= 15 is 0 Å². The summed E-state index contributed by atoms with van der Waals surface area (Å²) in [5.41, 5.74) is 1.87. The minimum absolute atomic E-state index is 0.102. The molecule has 1 amide bonds. The molecule has 0 saturated heterocycles. The molecule has 2 aromatic heterocycles. The molecule has 6 nitrogen and oxygen atoms in total. The van der Waals surface area contributed by atoms with Gasteiger partial charge in [0.25, 0.3) is 5.56 Å². The molecule has 1 saturated carbocycles. The summed E-state index contributed by atoms with van der Waals surface area (Å²) in [6.45, 7) is 6.14. The van der Waals surface area contributed by atoms with Crippen LogP contribution >= 0.6 is 0 Å². The molecule has 0 radical (unpaired) electrons. The largest absolute Gasteiger partial charge is 0.351 e. The van der Waals surface area contributed by atoms with E-state index in [2.05, 4.69) is 17.3 Å². The van der Waals surface area contributed by atoms with E-state index in [4.69, 9.17) is 0 Å². The number of carbonyl (C=O) groups is 1. The predicted molar refractivity (Wildman–Crippen MR) is 119 cm³/mol. The van der Waals surface area contributed by atoms with Crippen LogP contribution in [0.2, 0.25) is 0 Å². The minimum atomic E-state index is -0.294. The van der Waals surface area contributed by atoms with Crippen LogP contribution in [-0.2, 0) is 17.9 Å². The number of hydrogen-bond donors (Lipinski definition) is 1. The van der Waals surface area contributed by atoms with Crippen molar-refractivity contribution >= 4 is 16.7 Å². The number of benzene rings is 1. The standard InChI is InChI=1S/C24H29FN4O2/c1-15-8-4-7-11-21(15)27-22(30)14-29-24(31)23-17(3)28(16(2)19(23)12-26-29)13-18-9-5-6-10-20(18)25/h5-6,9-10,12,15,21H,4,7-8,11,13-14H2,1-3H3,(H,27,30). The Bertz CT molecular complexity index is 1180. The van der Waals surface area contributed by atoms with Crippen molar-refractivity contribution in [1.29, 1.82) is 0 Å². The Morgan fingerprint density at radius 3 is 2.68 bits per heavy atom. The zero-order chi connectivity index (χ0) is 22.1. The van der Waals surface area contributed by atoms with Crippen molar-refractivity contribution in [2.45, 2.75) is 65.6 Å². The van der Waals surface area contributed by atoms with Gasteiger partial charge in [0, 0.05) is 28.4 Å². The van der Waals surface area contributed by atoms with Gasteiger partial charge in [-0.25, -0.2) is 9.07 Å². The molecule has 31 heavy (non-hydrogen) atoms. The van der Waals surface area contributed by atoms with Gasteiger partial charge in [0.1, 0.15) is 12.4 Å². The predicted octanol–water partition coefficient (Wildman–Crippen LogP) is 3.70. The van der Waals surface area contributed by atoms with Crippen LogP contribution in [-0.4, -0.2) is 26.3 Å². The lowest BCUT2D eigenvalue weighted by molar-refractivity contribution is -0.123. The van der Waals surface area contributed by atoms with Gasteiger partial charge >= 0.3 is 0 Å². The molecule has 2 atom stereocenters. The quantitative estimate of drug-likeness (QED) is 0.679. The van der Waals surface area contributed by atoms with Crippen molar-refractivity contribution in [1.82, 2.24) is 19.7 Å². The maximum atomic E-state index is 14.2. The van der Waals surface area contributed by atoms with Gasteiger partial charge in [-0.1, -0.05) is 38.0 Å². The van der Waals surface area contributed by atoms with Crippen LogP contribution in [0.3, 0.4) is 0 Å². The van der Waals surface area contributed by atoms with Gasteiger partial charge < -0.3 is 9.88 Å². The second-order valence-electron chi connectivity index (χ2n) is 8.68. The van der Waals surface area contributed by atoms with Gasteiger partial charge in [-0.3, -0.25) is 9.59 Å². The summed E-state index contributed by atoms with van der Waals surface area (Å²) in [6.07, 6.45) is 6.04. The Hall–Kier alpha value is -2.96. The summed E-state index contributed by atoms with van der Waals surface area (Å²) < 4.78 is 17.3. The topological polar surface area (TPSA) is 68.9 Å². The van der Waals surface area contributed by atoms with Gasteiger partial charge in [-0.2, -0.15) is 5.10 Å². The molecule has 1 fully saturated rings. The lowest BCUT2D eigenvalue weighted by Gasteiger charge is -2.29. The number of hydrogen-bond acceptors (Lipinski definition) is 3. The highest BCUT2D eigenvalue weighted by atomic mass is 19.1. The van der Waals surface area contributed by atoms with Crippen LogP contribution in [0, 0.1) is 25.6 Å². The zero-order valence-corrected chi connectivity index (χ0v) is 18.3. The molecular formula is C24H29FN4O2. The molecule has 0 spiro atoms. The normalized spacial score (nSPS) is 19.0. The molecule has 7 heteroatoms. The molecule has 1 aliphatic rings. The van der Waals surface area contributed by atoms with E-state index < -0.39 is 0 Å². The SMILES string of the molecule is Cc1c2cnn(CC(=O)NC3CCCCC3C)c(=O)c2c(C)n1Cc1ccccc1F. The Labute approximate surface area is 181 Å². The van der Waals surface area contributed by atoms with Gasteiger partial charge in [-0.15, -0.1) is 0 Å². The highest BCUT2D eigenvalue weighted by molar-refractivity contribution is 5.87. The number of fused-ring (bicyclic) bond motifs is 1. The summed E-state index contributed by atoms with van der Waals surface area (Å²) >= 11 is 0. The maximum Gasteiger partial charge on any atom is 0.276 e. The lowest BCUT2D eigenvalue weighted by Crippen LogP contribution is -2.43. The van der Waals surface area contributed by atoms with Crippen molar-refractivity contribution in [3.63, 3.8) is 0 Å². The number of aromatic nitrogens is 3. The van der Waals surface area contributed by atoms with Crippen LogP contribution in [0.4, 0.5) is 4.39 Å². The Morgan fingerprint density at radius 2 is 1.94 bits per heavy atom. The monoisotopic (exact) mass is 424 g/mol. The molecule has 4 rings (SSSR count). The fraction of sp³-hybridized carbons (Fsp3) is 0.458. The first-order valence-electron chi connectivity index (χ1n) is 10.9. The first-order valence-corrected chi connectivity index (χ1v) is 10.9. The third-order valence-corrected chi connectivity index (χ3v) is 6.64. The summed E-state index contributed by atoms with van der Waals surface area (Å²) in [6, 6.07) is 6.79. The van der Waals surface area contributed by atoms with E-state index in [0.717, 1.165) is 36.0 Å². The van der Waals surface area contributed by atoms with E-state index in [9.17, 15) is 14.0 Å². The van der Waals surface area contributed by atoms with Crippen molar-refractivity contribution in [3.05, 3.63) is 63.6 Å². The second-order valence-corrected chi connectivity index (χ2v) is 8.68. The van der Waals surface area contributed by atoms with Crippen LogP contribution in [0.25, 0.3) is 10.8 Å². The molecule has 0 aliphatic heterocycles. The Balaban J connectivity index is 1.61. The fourth-order valence-electron chi connectivity index (χ4n) is 4.71. The van der Waals surface area contributed by atoms with E-state index in [1.165, 1.54) is 17.2 Å². The number of aryl methyl sites for hydroxylation is 2. The number of rotatable bonds is 5. The second kappa shape index (κ2) is 8.65.